The van der Waals surface area contributed by atoms with Crippen molar-refractivity contribution in [2.45, 2.75) is 26.9 Å². The van der Waals surface area contributed by atoms with Crippen LogP contribution in [0.5, 0.6) is 5.75 Å². The highest BCUT2D eigenvalue weighted by molar-refractivity contribution is 5.98. The van der Waals surface area contributed by atoms with E-state index in [0.29, 0.717) is 22.4 Å². The summed E-state index contributed by atoms with van der Waals surface area (Å²) >= 11 is 0. The molecule has 104 valence electrons. The van der Waals surface area contributed by atoms with Gasteiger partial charge in [-0.05, 0) is 38.5 Å². The maximum absolute atomic E-state index is 11.7. The molecule has 0 atom stereocenters. The van der Waals surface area contributed by atoms with Crippen molar-refractivity contribution < 1.29 is 23.8 Å². The topological polar surface area (TPSA) is 61.8 Å². The average Bonchev–Trinajstić information content (AvgIpc) is 2.38. The summed E-state index contributed by atoms with van der Waals surface area (Å²) in [5.74, 6) is -0.602. The zero-order valence-electron chi connectivity index (χ0n) is 11.8. The van der Waals surface area contributed by atoms with E-state index in [-0.39, 0.29) is 6.10 Å². The molecule has 0 N–H and O–H groups in total. The van der Waals surface area contributed by atoms with Crippen molar-refractivity contribution in [3.8, 4) is 5.75 Å². The van der Waals surface area contributed by atoms with Gasteiger partial charge < -0.3 is 14.2 Å². The summed E-state index contributed by atoms with van der Waals surface area (Å²) in [6, 6.07) is 3.13. The van der Waals surface area contributed by atoms with Gasteiger partial charge in [-0.3, -0.25) is 0 Å². The second-order valence-corrected chi connectivity index (χ2v) is 4.29. The van der Waals surface area contributed by atoms with E-state index in [9.17, 15) is 9.59 Å². The van der Waals surface area contributed by atoms with Crippen LogP contribution in [0, 0.1) is 6.92 Å². The molecule has 1 aromatic rings. The fourth-order valence-electron chi connectivity index (χ4n) is 1.67. The zero-order valence-corrected chi connectivity index (χ0v) is 11.8. The Morgan fingerprint density at radius 3 is 1.74 bits per heavy atom. The molecule has 1 rings (SSSR count). The number of ether oxygens (including phenoxy) is 3. The van der Waals surface area contributed by atoms with Gasteiger partial charge in [-0.2, -0.15) is 0 Å². The van der Waals surface area contributed by atoms with Crippen LogP contribution < -0.4 is 4.74 Å². The number of hydrogen-bond acceptors (Lipinski definition) is 5. The van der Waals surface area contributed by atoms with Crippen molar-refractivity contribution in [1.82, 2.24) is 0 Å². The first-order valence-electron chi connectivity index (χ1n) is 5.88. The Balaban J connectivity index is 3.37. The van der Waals surface area contributed by atoms with Gasteiger partial charge in [0.15, 0.2) is 0 Å². The molecule has 5 heteroatoms. The van der Waals surface area contributed by atoms with Crippen LogP contribution >= 0.6 is 0 Å². The van der Waals surface area contributed by atoms with Crippen LogP contribution in [0.3, 0.4) is 0 Å². The maximum atomic E-state index is 11.7. The second-order valence-electron chi connectivity index (χ2n) is 4.29. The number of benzene rings is 1. The number of hydrogen-bond donors (Lipinski definition) is 0. The first-order chi connectivity index (χ1) is 8.90. The molecule has 0 aromatic heterocycles. The van der Waals surface area contributed by atoms with Crippen molar-refractivity contribution in [3.05, 3.63) is 28.8 Å². The third-order valence-electron chi connectivity index (χ3n) is 2.56. The van der Waals surface area contributed by atoms with Gasteiger partial charge in [-0.25, -0.2) is 9.59 Å². The summed E-state index contributed by atoms with van der Waals surface area (Å²) in [5.41, 5.74) is 1.09. The Morgan fingerprint density at radius 2 is 1.42 bits per heavy atom. The molecule has 0 amide bonds. The van der Waals surface area contributed by atoms with E-state index in [4.69, 9.17) is 14.2 Å². The van der Waals surface area contributed by atoms with Crippen molar-refractivity contribution >= 4 is 11.9 Å². The molecule has 0 aliphatic carbocycles. The normalized spacial score (nSPS) is 10.2. The molecular weight excluding hydrogens is 248 g/mol. The highest BCUT2D eigenvalue weighted by Crippen LogP contribution is 2.24. The lowest BCUT2D eigenvalue weighted by Gasteiger charge is -2.14. The van der Waals surface area contributed by atoms with Crippen molar-refractivity contribution in [1.29, 1.82) is 0 Å². The van der Waals surface area contributed by atoms with E-state index in [2.05, 4.69) is 0 Å². The van der Waals surface area contributed by atoms with Crippen molar-refractivity contribution in [3.63, 3.8) is 0 Å². The van der Waals surface area contributed by atoms with Gasteiger partial charge in [0.05, 0.1) is 31.5 Å². The summed E-state index contributed by atoms with van der Waals surface area (Å²) in [6.07, 6.45) is -0.0706. The minimum absolute atomic E-state index is 0.0706. The van der Waals surface area contributed by atoms with Gasteiger partial charge in [0.1, 0.15) is 5.75 Å². The van der Waals surface area contributed by atoms with E-state index in [1.807, 2.05) is 13.8 Å². The SMILES string of the molecule is COC(=O)c1cc(OC(C)C)cc(C(=O)OC)c1C. The van der Waals surface area contributed by atoms with Crippen LogP contribution in [-0.2, 0) is 9.47 Å². The zero-order chi connectivity index (χ0) is 14.6. The first-order valence-corrected chi connectivity index (χ1v) is 5.88. The number of esters is 2. The van der Waals surface area contributed by atoms with Gasteiger partial charge in [-0.15, -0.1) is 0 Å². The van der Waals surface area contributed by atoms with Crippen LogP contribution in [0.2, 0.25) is 0 Å². The van der Waals surface area contributed by atoms with Crippen LogP contribution in [0.15, 0.2) is 12.1 Å². The molecule has 0 fully saturated rings. The molecule has 5 nitrogen and oxygen atoms in total. The molecule has 0 saturated heterocycles. The smallest absolute Gasteiger partial charge is 0.338 e. The number of methoxy groups -OCH3 is 2. The van der Waals surface area contributed by atoms with Crippen LogP contribution in [0.1, 0.15) is 40.1 Å². The Bertz CT molecular complexity index is 454. The van der Waals surface area contributed by atoms with Gasteiger partial charge >= 0.3 is 11.9 Å². The Kier molecular flexibility index (Phi) is 4.92. The highest BCUT2D eigenvalue weighted by Gasteiger charge is 2.19. The van der Waals surface area contributed by atoms with Crippen molar-refractivity contribution in [2.75, 3.05) is 14.2 Å². The van der Waals surface area contributed by atoms with E-state index in [1.165, 1.54) is 14.2 Å². The molecule has 0 bridgehead atoms. The Morgan fingerprint density at radius 1 is 1.00 bits per heavy atom. The fourth-order valence-corrected chi connectivity index (χ4v) is 1.67. The lowest BCUT2D eigenvalue weighted by Crippen LogP contribution is -2.13. The lowest BCUT2D eigenvalue weighted by atomic mass is 10.0. The maximum Gasteiger partial charge on any atom is 0.338 e. The van der Waals surface area contributed by atoms with Gasteiger partial charge in [0, 0.05) is 0 Å². The van der Waals surface area contributed by atoms with Gasteiger partial charge in [0.25, 0.3) is 0 Å². The Hall–Kier alpha value is -2.04. The molecule has 0 aliphatic rings. The molecule has 19 heavy (non-hydrogen) atoms. The van der Waals surface area contributed by atoms with E-state index >= 15 is 0 Å². The molecule has 0 heterocycles. The van der Waals surface area contributed by atoms with Crippen molar-refractivity contribution in [2.24, 2.45) is 0 Å². The third kappa shape index (κ3) is 3.47. The van der Waals surface area contributed by atoms with Gasteiger partial charge in [-0.1, -0.05) is 0 Å². The standard InChI is InChI=1S/C14H18O5/c1-8(2)19-10-6-11(13(15)17-4)9(3)12(7-10)14(16)18-5/h6-8H,1-5H3. The summed E-state index contributed by atoms with van der Waals surface area (Å²) < 4.78 is 14.9. The monoisotopic (exact) mass is 266 g/mol. The summed E-state index contributed by atoms with van der Waals surface area (Å²) in [6.45, 7) is 5.38. The number of carbonyl (C=O) groups is 2. The van der Waals surface area contributed by atoms with E-state index in [0.717, 1.165) is 0 Å². The molecule has 1 aromatic carbocycles. The van der Waals surface area contributed by atoms with E-state index in [1.54, 1.807) is 19.1 Å². The Labute approximate surface area is 112 Å². The summed E-state index contributed by atoms with van der Waals surface area (Å²) in [7, 11) is 2.57. The van der Waals surface area contributed by atoms with Crippen LogP contribution in [0.25, 0.3) is 0 Å². The first kappa shape index (κ1) is 15.0. The quantitative estimate of drug-likeness (QED) is 0.783. The largest absolute Gasteiger partial charge is 0.491 e. The fraction of sp³-hybridized carbons (Fsp3) is 0.429. The second kappa shape index (κ2) is 6.22. The average molecular weight is 266 g/mol. The molecule has 0 spiro atoms. The van der Waals surface area contributed by atoms with Crippen LogP contribution in [-0.4, -0.2) is 32.3 Å². The number of carbonyl (C=O) groups excluding carboxylic acids is 2. The summed E-state index contributed by atoms with van der Waals surface area (Å²) in [5, 5.41) is 0. The van der Waals surface area contributed by atoms with E-state index < -0.39 is 11.9 Å². The lowest BCUT2D eigenvalue weighted by molar-refractivity contribution is 0.0596. The van der Waals surface area contributed by atoms with Crippen LogP contribution in [0.4, 0.5) is 0 Å². The van der Waals surface area contributed by atoms with Gasteiger partial charge in [0.2, 0.25) is 0 Å². The highest BCUT2D eigenvalue weighted by atomic mass is 16.5. The molecule has 0 unspecified atom stereocenters. The number of rotatable bonds is 4. The molecule has 0 aliphatic heterocycles. The predicted octanol–water partition coefficient (Wildman–Crippen LogP) is 2.36. The predicted molar refractivity (Wildman–Crippen MR) is 69.6 cm³/mol. The molecule has 0 radical (unpaired) electrons. The minimum Gasteiger partial charge on any atom is -0.491 e. The molecule has 0 saturated carbocycles. The minimum atomic E-state index is -0.517. The summed E-state index contributed by atoms with van der Waals surface area (Å²) in [4.78, 5) is 23.4. The molecular formula is C14H18O5. The third-order valence-corrected chi connectivity index (χ3v) is 2.56.